The summed E-state index contributed by atoms with van der Waals surface area (Å²) < 4.78 is 47.1. The van der Waals surface area contributed by atoms with Crippen LogP contribution < -0.4 is 10.0 Å². The Bertz CT molecular complexity index is 2030. The number of rotatable bonds is 14. The number of aryl methyl sites for hydroxylation is 1. The molecule has 3 N–H and O–H groups in total. The molecular formula is C36H49N4O11PSSi. The van der Waals surface area contributed by atoms with Gasteiger partial charge in [0.15, 0.2) is 22.9 Å². The molecule has 1 aromatic carbocycles. The van der Waals surface area contributed by atoms with E-state index in [1.807, 2.05) is 5.48 Å². The summed E-state index contributed by atoms with van der Waals surface area (Å²) in [5.41, 5.74) is 3.49. The minimum atomic E-state index is -4.84. The van der Waals surface area contributed by atoms with Gasteiger partial charge in [-0.25, -0.2) is 22.6 Å². The lowest BCUT2D eigenvalue weighted by Crippen LogP contribution is -2.52. The predicted octanol–water partition coefficient (Wildman–Crippen LogP) is 3.45. The fourth-order valence-corrected chi connectivity index (χ4v) is 7.75. The van der Waals surface area contributed by atoms with Crippen LogP contribution in [0.25, 0.3) is 0 Å². The van der Waals surface area contributed by atoms with Crippen molar-refractivity contribution in [3.8, 4) is 29.4 Å². The highest BCUT2D eigenvalue weighted by atomic mass is 32.2. The molecule has 1 saturated heterocycles. The molecule has 1 fully saturated rings. The molecule has 1 aromatic heterocycles. The van der Waals surface area contributed by atoms with Crippen molar-refractivity contribution in [1.29, 1.82) is 0 Å². The topological polar surface area (TPSA) is 194 Å². The van der Waals surface area contributed by atoms with Gasteiger partial charge in [-0.05, 0) is 67.4 Å². The molecule has 4 rings (SSSR count). The van der Waals surface area contributed by atoms with Crippen LogP contribution in [0.4, 0.5) is 4.79 Å². The molecule has 1 atom stereocenters. The second kappa shape index (κ2) is 16.8. The summed E-state index contributed by atoms with van der Waals surface area (Å²) in [6.07, 6.45) is 1.80. The lowest BCUT2D eigenvalue weighted by atomic mass is 10.0. The number of carbonyl (C=O) groups is 3. The van der Waals surface area contributed by atoms with E-state index in [0.29, 0.717) is 16.8 Å². The Morgan fingerprint density at radius 3 is 2.41 bits per heavy atom. The molecule has 3 heterocycles. The third-order valence-electron chi connectivity index (χ3n) is 10.1. The molecule has 15 nitrogen and oxygen atoms in total. The maximum absolute atomic E-state index is 13.2. The monoisotopic (exact) mass is 804 g/mol. The standard InChI is InChI=1S/C36H49N4O11PSSi/c1-35(2,3)54(6,7)49-21-20-38-23-28(24-38)13-9-8-12-27-22-30-26-39(34(43)40(30)25-27)19-18-36(4,53(5,47)48)33(42)37-50-32(41)17-16-29-14-10-11-15-31(29)51-52(44,45)46/h10-11,14-15,22,25,28H,16-21,23-24,26H2,1-7H3,(H,37,42)(H2,44,45,46). The van der Waals surface area contributed by atoms with Gasteiger partial charge in [0.2, 0.25) is 0 Å². The summed E-state index contributed by atoms with van der Waals surface area (Å²) in [6, 6.07) is 7.25. The Labute approximate surface area is 317 Å². The minimum absolute atomic E-state index is 0.0548. The van der Waals surface area contributed by atoms with Gasteiger partial charge in [0.05, 0.1) is 13.0 Å². The number of aromatic nitrogens is 1. The van der Waals surface area contributed by atoms with Crippen LogP contribution in [-0.2, 0) is 46.2 Å². The van der Waals surface area contributed by atoms with Crippen molar-refractivity contribution in [2.45, 2.75) is 76.4 Å². The van der Waals surface area contributed by atoms with E-state index in [2.05, 4.69) is 67.0 Å². The fraction of sp³-hybridized carbons (Fsp3) is 0.528. The van der Waals surface area contributed by atoms with Gasteiger partial charge >= 0.3 is 19.8 Å². The number of carbonyl (C=O) groups excluding carboxylic acids is 3. The van der Waals surface area contributed by atoms with Crippen LogP contribution in [0.2, 0.25) is 18.1 Å². The molecule has 294 valence electrons. The molecule has 2 aliphatic rings. The van der Waals surface area contributed by atoms with Crippen LogP contribution in [0.1, 0.15) is 57.4 Å². The Morgan fingerprint density at radius 2 is 1.78 bits per heavy atom. The average Bonchev–Trinajstić information content (AvgIpc) is 3.57. The molecule has 1 unspecified atom stereocenters. The Morgan fingerprint density at radius 1 is 1.09 bits per heavy atom. The number of nitrogens with zero attached hydrogens (tertiary/aromatic N) is 3. The number of amides is 2. The molecule has 54 heavy (non-hydrogen) atoms. The first-order valence-corrected chi connectivity index (χ1v) is 23.7. The van der Waals surface area contributed by atoms with Crippen molar-refractivity contribution in [2.24, 2.45) is 5.92 Å². The number of phosphoric ester groups is 1. The number of hydrogen-bond donors (Lipinski definition) is 3. The maximum atomic E-state index is 13.2. The van der Waals surface area contributed by atoms with Crippen molar-refractivity contribution in [3.05, 3.63) is 53.3 Å². The zero-order valence-electron chi connectivity index (χ0n) is 31.7. The number of para-hydroxylation sites is 1. The van der Waals surface area contributed by atoms with E-state index >= 15 is 0 Å². The summed E-state index contributed by atoms with van der Waals surface area (Å²) in [5.74, 6) is 10.0. The van der Waals surface area contributed by atoms with Crippen LogP contribution in [-0.4, -0.2) is 103 Å². The van der Waals surface area contributed by atoms with Crippen LogP contribution in [0.5, 0.6) is 5.75 Å². The van der Waals surface area contributed by atoms with Gasteiger partial charge in [0, 0.05) is 62.4 Å². The molecule has 18 heteroatoms. The van der Waals surface area contributed by atoms with Crippen molar-refractivity contribution >= 4 is 43.9 Å². The van der Waals surface area contributed by atoms with Crippen molar-refractivity contribution < 1.29 is 50.9 Å². The number of fused-ring (bicyclic) bond motifs is 1. The first-order chi connectivity index (χ1) is 25.0. The lowest BCUT2D eigenvalue weighted by Gasteiger charge is -2.39. The number of benzene rings is 1. The Kier molecular flexibility index (Phi) is 13.3. The van der Waals surface area contributed by atoms with E-state index in [1.54, 1.807) is 18.3 Å². The molecule has 0 saturated carbocycles. The number of hydroxylamine groups is 1. The molecular weight excluding hydrogens is 756 g/mol. The second-order valence-electron chi connectivity index (χ2n) is 15.2. The highest BCUT2D eigenvalue weighted by Crippen LogP contribution is 2.39. The summed E-state index contributed by atoms with van der Waals surface area (Å²) in [5, 5.41) is 0.184. The average molecular weight is 805 g/mol. The number of likely N-dealkylation sites (tertiary alicyclic amines) is 1. The zero-order valence-corrected chi connectivity index (χ0v) is 34.4. The van der Waals surface area contributed by atoms with Crippen molar-refractivity contribution in [1.82, 2.24) is 19.8 Å². The third-order valence-corrected chi connectivity index (χ3v) is 17.1. The van der Waals surface area contributed by atoms with Gasteiger partial charge in [0.1, 0.15) is 5.75 Å². The molecule has 2 aliphatic heterocycles. The molecule has 0 spiro atoms. The smallest absolute Gasteiger partial charge is 0.416 e. The zero-order chi connectivity index (χ0) is 40.1. The van der Waals surface area contributed by atoms with Gasteiger partial charge in [-0.3, -0.25) is 24.0 Å². The SMILES string of the molecule is CC(C)(C)[Si](C)(C)OCCN1CC(C#CC#Cc2cc3n(c2)C(=O)N(CCC(C)(C(=O)NOC(=O)CCc2ccccc2OP(=O)(O)O)S(C)(=O)=O)C3)C1. The normalized spacial score (nSPS) is 16.2. The number of sulfone groups is 1. The van der Waals surface area contributed by atoms with Crippen LogP contribution in [0, 0.1) is 29.6 Å². The Balaban J connectivity index is 1.24. The molecule has 2 amide bonds. The first-order valence-electron chi connectivity index (χ1n) is 17.4. The molecule has 0 aliphatic carbocycles. The molecule has 2 aromatic rings. The summed E-state index contributed by atoms with van der Waals surface area (Å²) in [6.45, 7) is 15.8. The summed E-state index contributed by atoms with van der Waals surface area (Å²) in [7, 11) is -10.7. The van der Waals surface area contributed by atoms with E-state index in [4.69, 9.17) is 19.1 Å². The largest absolute Gasteiger partial charge is 0.524 e. The predicted molar refractivity (Wildman–Crippen MR) is 203 cm³/mol. The van der Waals surface area contributed by atoms with E-state index in [9.17, 15) is 27.4 Å². The van der Waals surface area contributed by atoms with E-state index in [-0.39, 0.29) is 49.1 Å². The number of nitrogens with one attached hydrogen (secondary N) is 1. The van der Waals surface area contributed by atoms with Gasteiger partial charge in [-0.15, -0.1) is 0 Å². The fourth-order valence-electron chi connectivity index (χ4n) is 5.44. The van der Waals surface area contributed by atoms with Crippen molar-refractivity contribution in [3.63, 3.8) is 0 Å². The first kappa shape index (κ1) is 42.8. The van der Waals surface area contributed by atoms with Gasteiger partial charge in [-0.2, -0.15) is 5.48 Å². The van der Waals surface area contributed by atoms with Crippen molar-refractivity contribution in [2.75, 3.05) is 39.0 Å². The van der Waals surface area contributed by atoms with E-state index in [0.717, 1.165) is 32.5 Å². The molecule has 0 radical (unpaired) electrons. The number of phosphoric acid groups is 1. The summed E-state index contributed by atoms with van der Waals surface area (Å²) in [4.78, 5) is 65.4. The summed E-state index contributed by atoms with van der Waals surface area (Å²) >= 11 is 0. The quantitative estimate of drug-likeness (QED) is 0.109. The van der Waals surface area contributed by atoms with E-state index < -0.39 is 48.6 Å². The highest BCUT2D eigenvalue weighted by molar-refractivity contribution is 7.92. The highest BCUT2D eigenvalue weighted by Gasteiger charge is 2.45. The molecule has 0 bridgehead atoms. The van der Waals surface area contributed by atoms with Gasteiger partial charge < -0.3 is 18.7 Å². The lowest BCUT2D eigenvalue weighted by molar-refractivity contribution is -0.159. The third kappa shape index (κ3) is 11.1. The van der Waals surface area contributed by atoms with E-state index in [1.165, 1.54) is 34.6 Å². The maximum Gasteiger partial charge on any atom is 0.524 e. The second-order valence-corrected chi connectivity index (χ2v) is 23.6. The van der Waals surface area contributed by atoms with Crippen LogP contribution >= 0.6 is 7.82 Å². The van der Waals surface area contributed by atoms with Gasteiger partial charge in [0.25, 0.3) is 5.91 Å². The van der Waals surface area contributed by atoms with Crippen LogP contribution in [0.3, 0.4) is 0 Å². The number of hydrogen-bond acceptors (Lipinski definition) is 10. The van der Waals surface area contributed by atoms with Crippen LogP contribution in [0.15, 0.2) is 36.5 Å². The van der Waals surface area contributed by atoms with Gasteiger partial charge in [-0.1, -0.05) is 50.8 Å². The Hall–Kier alpha value is -3.93. The minimum Gasteiger partial charge on any atom is -0.416 e.